The quantitative estimate of drug-likeness (QED) is 0.669. The first-order valence-corrected chi connectivity index (χ1v) is 11.0. The largest absolute Gasteiger partial charge is 0.494 e. The van der Waals surface area contributed by atoms with Gasteiger partial charge in [-0.05, 0) is 57.4 Å². The van der Waals surface area contributed by atoms with Gasteiger partial charge < -0.3 is 10.0 Å². The van der Waals surface area contributed by atoms with Gasteiger partial charge in [0.15, 0.2) is 0 Å². The van der Waals surface area contributed by atoms with E-state index in [-0.39, 0.29) is 17.5 Å². The lowest BCUT2D eigenvalue weighted by atomic mass is 9.95. The first kappa shape index (κ1) is 21.9. The zero-order valence-corrected chi connectivity index (χ0v) is 18.1. The molecule has 2 N–H and O–H groups in total. The molecule has 1 aliphatic carbocycles. The van der Waals surface area contributed by atoms with Crippen LogP contribution in [0.5, 0.6) is 5.88 Å². The number of aromatic amines is 1. The van der Waals surface area contributed by atoms with Gasteiger partial charge >= 0.3 is 5.69 Å². The number of aliphatic imine (C=N–C) groups is 1. The maximum atomic E-state index is 12.6. The van der Waals surface area contributed by atoms with Crippen LogP contribution < -0.4 is 16.1 Å². The fourth-order valence-electron chi connectivity index (χ4n) is 4.27. The molecule has 1 heterocycles. The third-order valence-electron chi connectivity index (χ3n) is 5.92. The lowest BCUT2D eigenvalue weighted by Crippen LogP contribution is -2.36. The molecule has 162 valence electrons. The van der Waals surface area contributed by atoms with Gasteiger partial charge in [0.1, 0.15) is 5.56 Å². The normalized spacial score (nSPS) is 15.4. The summed E-state index contributed by atoms with van der Waals surface area (Å²) in [4.78, 5) is 34.3. The molecule has 30 heavy (non-hydrogen) atoms. The molecule has 2 aromatic rings. The van der Waals surface area contributed by atoms with Crippen molar-refractivity contribution in [2.24, 2.45) is 4.99 Å². The molecule has 0 amide bonds. The standard InChI is InChI=1S/C23H32N4O3/c1-4-19(24-16-12-14-17(15-13-16)26(5-2)6-3)20-21(28)25-23(30)27(22(20)29)18-10-8-7-9-11-18/h12-15,18,29H,4-11H2,1-3H3,(H,25,28,30). The minimum Gasteiger partial charge on any atom is -0.494 e. The molecule has 7 nitrogen and oxygen atoms in total. The molecule has 0 spiro atoms. The second-order valence-electron chi connectivity index (χ2n) is 7.72. The number of hydrogen-bond donors (Lipinski definition) is 2. The molecule has 0 atom stereocenters. The Balaban J connectivity index is 2.02. The molecule has 3 rings (SSSR count). The summed E-state index contributed by atoms with van der Waals surface area (Å²) in [5.74, 6) is -0.268. The Morgan fingerprint density at radius 2 is 1.73 bits per heavy atom. The van der Waals surface area contributed by atoms with E-state index in [2.05, 4.69) is 28.7 Å². The van der Waals surface area contributed by atoms with Gasteiger partial charge in [-0.1, -0.05) is 26.2 Å². The fraction of sp³-hybridized carbons (Fsp3) is 0.522. The molecular weight excluding hydrogens is 380 g/mol. The number of nitrogens with one attached hydrogen (secondary N) is 1. The highest BCUT2D eigenvalue weighted by Gasteiger charge is 2.24. The van der Waals surface area contributed by atoms with Gasteiger partial charge in [-0.25, -0.2) is 4.79 Å². The van der Waals surface area contributed by atoms with Gasteiger partial charge in [0, 0.05) is 24.8 Å². The molecule has 0 unspecified atom stereocenters. The Labute approximate surface area is 177 Å². The zero-order chi connectivity index (χ0) is 21.7. The molecular formula is C23H32N4O3. The van der Waals surface area contributed by atoms with Crippen LogP contribution in [0.3, 0.4) is 0 Å². The predicted octanol–water partition coefficient (Wildman–Crippen LogP) is 4.12. The maximum absolute atomic E-state index is 12.6. The molecule has 0 aliphatic heterocycles. The van der Waals surface area contributed by atoms with Crippen molar-refractivity contribution in [3.63, 3.8) is 0 Å². The van der Waals surface area contributed by atoms with Crippen LogP contribution in [0.15, 0.2) is 38.8 Å². The summed E-state index contributed by atoms with van der Waals surface area (Å²) in [5.41, 5.74) is 1.24. The van der Waals surface area contributed by atoms with Crippen LogP contribution >= 0.6 is 0 Å². The first-order chi connectivity index (χ1) is 14.5. The van der Waals surface area contributed by atoms with E-state index in [0.29, 0.717) is 17.8 Å². The first-order valence-electron chi connectivity index (χ1n) is 11.0. The Hall–Kier alpha value is -2.83. The van der Waals surface area contributed by atoms with Crippen LogP contribution in [0, 0.1) is 0 Å². The monoisotopic (exact) mass is 412 g/mol. The molecule has 0 radical (unpaired) electrons. The Morgan fingerprint density at radius 1 is 1.10 bits per heavy atom. The highest BCUT2D eigenvalue weighted by atomic mass is 16.3. The predicted molar refractivity (Wildman–Crippen MR) is 122 cm³/mol. The Morgan fingerprint density at radius 3 is 2.30 bits per heavy atom. The minimum atomic E-state index is -0.593. The topological polar surface area (TPSA) is 90.7 Å². The molecule has 7 heteroatoms. The smallest absolute Gasteiger partial charge is 0.331 e. The maximum Gasteiger partial charge on any atom is 0.331 e. The number of benzene rings is 1. The van der Waals surface area contributed by atoms with Gasteiger partial charge in [-0.3, -0.25) is 19.3 Å². The van der Waals surface area contributed by atoms with Gasteiger partial charge in [-0.15, -0.1) is 0 Å². The van der Waals surface area contributed by atoms with Crippen molar-refractivity contribution in [2.75, 3.05) is 18.0 Å². The fourth-order valence-corrected chi connectivity index (χ4v) is 4.27. The van der Waals surface area contributed by atoms with Crippen LogP contribution in [-0.2, 0) is 0 Å². The van der Waals surface area contributed by atoms with Crippen molar-refractivity contribution in [3.8, 4) is 5.88 Å². The van der Waals surface area contributed by atoms with E-state index < -0.39 is 11.2 Å². The third-order valence-corrected chi connectivity index (χ3v) is 5.92. The van der Waals surface area contributed by atoms with E-state index in [4.69, 9.17) is 0 Å². The molecule has 1 fully saturated rings. The van der Waals surface area contributed by atoms with Gasteiger partial charge in [0.2, 0.25) is 5.88 Å². The van der Waals surface area contributed by atoms with Crippen molar-refractivity contribution in [1.29, 1.82) is 0 Å². The molecule has 1 saturated carbocycles. The third kappa shape index (κ3) is 4.50. The SMILES string of the molecule is CCC(=Nc1ccc(N(CC)CC)cc1)c1c(O)n(C2CCCCC2)c(=O)[nH]c1=O. The van der Waals surface area contributed by atoms with Gasteiger partial charge in [0.25, 0.3) is 5.56 Å². The second kappa shape index (κ2) is 9.78. The average Bonchev–Trinajstić information content (AvgIpc) is 2.75. The van der Waals surface area contributed by atoms with Crippen molar-refractivity contribution in [3.05, 3.63) is 50.7 Å². The molecule has 1 aliphatic rings. The van der Waals surface area contributed by atoms with Crippen molar-refractivity contribution < 1.29 is 5.11 Å². The number of aromatic hydroxyl groups is 1. The summed E-state index contributed by atoms with van der Waals surface area (Å²) in [6.07, 6.45) is 5.26. The van der Waals surface area contributed by atoms with E-state index in [9.17, 15) is 14.7 Å². The highest BCUT2D eigenvalue weighted by Crippen LogP contribution is 2.31. The van der Waals surface area contributed by atoms with E-state index >= 15 is 0 Å². The number of anilines is 1. The number of rotatable bonds is 7. The molecule has 1 aromatic carbocycles. The Bertz CT molecular complexity index is 995. The van der Waals surface area contributed by atoms with E-state index in [1.807, 2.05) is 31.2 Å². The Kier molecular flexibility index (Phi) is 7.13. The lowest BCUT2D eigenvalue weighted by Gasteiger charge is -2.25. The molecule has 0 saturated heterocycles. The lowest BCUT2D eigenvalue weighted by molar-refractivity contribution is 0.298. The van der Waals surface area contributed by atoms with Crippen molar-refractivity contribution in [2.45, 2.75) is 65.3 Å². The second-order valence-corrected chi connectivity index (χ2v) is 7.72. The summed E-state index contributed by atoms with van der Waals surface area (Å²) < 4.78 is 1.35. The highest BCUT2D eigenvalue weighted by molar-refractivity contribution is 6.03. The summed E-state index contributed by atoms with van der Waals surface area (Å²) in [6.45, 7) is 7.96. The number of nitrogens with zero attached hydrogens (tertiary/aromatic N) is 3. The van der Waals surface area contributed by atoms with Crippen LogP contribution in [0.4, 0.5) is 11.4 Å². The number of H-pyrrole nitrogens is 1. The van der Waals surface area contributed by atoms with Crippen molar-refractivity contribution in [1.82, 2.24) is 9.55 Å². The van der Waals surface area contributed by atoms with Crippen LogP contribution in [-0.4, -0.2) is 33.5 Å². The average molecular weight is 413 g/mol. The zero-order valence-electron chi connectivity index (χ0n) is 18.1. The van der Waals surface area contributed by atoms with Gasteiger partial charge in [-0.2, -0.15) is 0 Å². The number of aromatic nitrogens is 2. The molecule has 0 bridgehead atoms. The van der Waals surface area contributed by atoms with E-state index in [0.717, 1.165) is 50.9 Å². The van der Waals surface area contributed by atoms with Gasteiger partial charge in [0.05, 0.1) is 11.4 Å². The van der Waals surface area contributed by atoms with Crippen LogP contribution in [0.2, 0.25) is 0 Å². The van der Waals surface area contributed by atoms with E-state index in [1.54, 1.807) is 0 Å². The van der Waals surface area contributed by atoms with Crippen molar-refractivity contribution >= 4 is 17.1 Å². The summed E-state index contributed by atoms with van der Waals surface area (Å²) in [6, 6.07) is 7.74. The van der Waals surface area contributed by atoms with Crippen LogP contribution in [0.25, 0.3) is 0 Å². The summed E-state index contributed by atoms with van der Waals surface area (Å²) in [5, 5.41) is 10.9. The summed E-state index contributed by atoms with van der Waals surface area (Å²) in [7, 11) is 0. The van der Waals surface area contributed by atoms with Crippen LogP contribution in [0.1, 0.15) is 70.9 Å². The summed E-state index contributed by atoms with van der Waals surface area (Å²) >= 11 is 0. The molecule has 1 aromatic heterocycles. The van der Waals surface area contributed by atoms with E-state index in [1.165, 1.54) is 4.57 Å². The minimum absolute atomic E-state index is 0.0895. The number of hydrogen-bond acceptors (Lipinski definition) is 5.